The van der Waals surface area contributed by atoms with Gasteiger partial charge in [0.2, 0.25) is 0 Å². The van der Waals surface area contributed by atoms with E-state index in [2.05, 4.69) is 12.2 Å². The zero-order valence-corrected chi connectivity index (χ0v) is 11.9. The summed E-state index contributed by atoms with van der Waals surface area (Å²) in [4.78, 5) is 12.1. The molecular weight excluding hydrogens is 254 g/mol. The molecule has 0 spiro atoms. The van der Waals surface area contributed by atoms with Gasteiger partial charge in [0.25, 0.3) is 5.91 Å². The van der Waals surface area contributed by atoms with E-state index in [9.17, 15) is 15.0 Å². The first-order valence-corrected chi connectivity index (χ1v) is 7.43. The Morgan fingerprint density at radius 2 is 1.95 bits per heavy atom. The average molecular weight is 277 g/mol. The number of hydrogen-bond acceptors (Lipinski definition) is 3. The SMILES string of the molecule is CCCC1CCC(NC(=O)c2cccc(O)c2O)CC1. The van der Waals surface area contributed by atoms with Crippen LogP contribution in [0, 0.1) is 5.92 Å². The lowest BCUT2D eigenvalue weighted by Crippen LogP contribution is -2.37. The van der Waals surface area contributed by atoms with Gasteiger partial charge in [-0.15, -0.1) is 0 Å². The predicted octanol–water partition coefficient (Wildman–Crippen LogP) is 3.19. The fraction of sp³-hybridized carbons (Fsp3) is 0.562. The third kappa shape index (κ3) is 3.44. The summed E-state index contributed by atoms with van der Waals surface area (Å²) in [6.07, 6.45) is 6.80. The van der Waals surface area contributed by atoms with Gasteiger partial charge in [0, 0.05) is 6.04 Å². The van der Waals surface area contributed by atoms with Crippen molar-refractivity contribution < 1.29 is 15.0 Å². The molecule has 1 aromatic rings. The van der Waals surface area contributed by atoms with Gasteiger partial charge in [-0.2, -0.15) is 0 Å². The smallest absolute Gasteiger partial charge is 0.255 e. The van der Waals surface area contributed by atoms with Gasteiger partial charge in [-0.05, 0) is 43.7 Å². The molecule has 0 aliphatic heterocycles. The van der Waals surface area contributed by atoms with E-state index in [1.54, 1.807) is 6.07 Å². The van der Waals surface area contributed by atoms with E-state index in [4.69, 9.17) is 0 Å². The first-order chi connectivity index (χ1) is 9.61. The van der Waals surface area contributed by atoms with Crippen LogP contribution in [0.2, 0.25) is 0 Å². The van der Waals surface area contributed by atoms with Crippen LogP contribution in [-0.4, -0.2) is 22.2 Å². The highest BCUT2D eigenvalue weighted by molar-refractivity contribution is 5.97. The maximum absolute atomic E-state index is 12.1. The second kappa shape index (κ2) is 6.64. The summed E-state index contributed by atoms with van der Waals surface area (Å²) in [6, 6.07) is 4.62. The molecule has 1 aromatic carbocycles. The number of phenolic OH excluding ortho intramolecular Hbond substituents is 2. The maximum atomic E-state index is 12.1. The van der Waals surface area contributed by atoms with E-state index in [0.717, 1.165) is 31.6 Å². The standard InChI is InChI=1S/C16H23NO3/c1-2-4-11-7-9-12(10-8-11)17-16(20)13-5-3-6-14(18)15(13)19/h3,5-6,11-12,18-19H,2,4,7-10H2,1H3,(H,17,20). The Morgan fingerprint density at radius 1 is 1.25 bits per heavy atom. The second-order valence-electron chi connectivity index (χ2n) is 5.65. The van der Waals surface area contributed by atoms with Gasteiger partial charge in [-0.25, -0.2) is 0 Å². The van der Waals surface area contributed by atoms with Crippen molar-refractivity contribution >= 4 is 5.91 Å². The molecule has 0 aromatic heterocycles. The summed E-state index contributed by atoms with van der Waals surface area (Å²) in [6.45, 7) is 2.21. The summed E-state index contributed by atoms with van der Waals surface area (Å²) >= 11 is 0. The molecule has 0 bridgehead atoms. The Morgan fingerprint density at radius 3 is 2.60 bits per heavy atom. The minimum atomic E-state index is -0.343. The third-order valence-corrected chi connectivity index (χ3v) is 4.14. The van der Waals surface area contributed by atoms with Crippen molar-refractivity contribution in [2.45, 2.75) is 51.5 Å². The molecule has 2 rings (SSSR count). The number of aromatic hydroxyl groups is 2. The summed E-state index contributed by atoms with van der Waals surface area (Å²) in [5.41, 5.74) is 0.140. The summed E-state index contributed by atoms with van der Waals surface area (Å²) in [7, 11) is 0. The number of rotatable bonds is 4. The van der Waals surface area contributed by atoms with Crippen LogP contribution in [0.5, 0.6) is 11.5 Å². The first kappa shape index (κ1) is 14.7. The number of nitrogens with one attached hydrogen (secondary N) is 1. The second-order valence-corrected chi connectivity index (χ2v) is 5.65. The van der Waals surface area contributed by atoms with Gasteiger partial charge in [0.15, 0.2) is 11.5 Å². The van der Waals surface area contributed by atoms with Crippen molar-refractivity contribution in [2.75, 3.05) is 0 Å². The van der Waals surface area contributed by atoms with Crippen molar-refractivity contribution in [3.63, 3.8) is 0 Å². The van der Waals surface area contributed by atoms with Crippen LogP contribution in [0.25, 0.3) is 0 Å². The number of phenols is 2. The quantitative estimate of drug-likeness (QED) is 0.740. The largest absolute Gasteiger partial charge is 0.504 e. The van der Waals surface area contributed by atoms with Gasteiger partial charge < -0.3 is 15.5 Å². The molecule has 0 saturated heterocycles. The zero-order valence-electron chi connectivity index (χ0n) is 11.9. The molecule has 0 radical (unpaired) electrons. The van der Waals surface area contributed by atoms with Gasteiger partial charge in [-0.3, -0.25) is 4.79 Å². The molecule has 0 atom stereocenters. The topological polar surface area (TPSA) is 69.6 Å². The fourth-order valence-electron chi connectivity index (χ4n) is 2.98. The number of para-hydroxylation sites is 1. The van der Waals surface area contributed by atoms with Crippen molar-refractivity contribution in [1.29, 1.82) is 0 Å². The Kier molecular flexibility index (Phi) is 4.88. The van der Waals surface area contributed by atoms with Crippen LogP contribution >= 0.6 is 0 Å². The molecule has 0 heterocycles. The van der Waals surface area contributed by atoms with E-state index in [1.165, 1.54) is 25.0 Å². The lowest BCUT2D eigenvalue weighted by Gasteiger charge is -2.29. The van der Waals surface area contributed by atoms with E-state index in [1.807, 2.05) is 0 Å². The van der Waals surface area contributed by atoms with Crippen LogP contribution in [-0.2, 0) is 0 Å². The highest BCUT2D eigenvalue weighted by atomic mass is 16.3. The highest BCUT2D eigenvalue weighted by Gasteiger charge is 2.23. The highest BCUT2D eigenvalue weighted by Crippen LogP contribution is 2.30. The van der Waals surface area contributed by atoms with Crippen LogP contribution in [0.4, 0.5) is 0 Å². The monoisotopic (exact) mass is 277 g/mol. The summed E-state index contributed by atoms with van der Waals surface area (Å²) in [5.74, 6) is -0.117. The molecule has 110 valence electrons. The number of carbonyl (C=O) groups is 1. The molecule has 1 fully saturated rings. The Labute approximate surface area is 119 Å². The van der Waals surface area contributed by atoms with E-state index >= 15 is 0 Å². The lowest BCUT2D eigenvalue weighted by atomic mass is 9.83. The van der Waals surface area contributed by atoms with Crippen LogP contribution in [0.15, 0.2) is 18.2 Å². The van der Waals surface area contributed by atoms with E-state index in [0.29, 0.717) is 0 Å². The Bertz CT molecular complexity index is 465. The van der Waals surface area contributed by atoms with Crippen molar-refractivity contribution in [3.8, 4) is 11.5 Å². The molecule has 4 nitrogen and oxygen atoms in total. The molecule has 4 heteroatoms. The molecule has 1 saturated carbocycles. The first-order valence-electron chi connectivity index (χ1n) is 7.43. The molecule has 1 aliphatic carbocycles. The van der Waals surface area contributed by atoms with Gasteiger partial charge >= 0.3 is 0 Å². The van der Waals surface area contributed by atoms with E-state index in [-0.39, 0.29) is 29.0 Å². The molecular formula is C16H23NO3. The molecule has 0 unspecified atom stereocenters. The van der Waals surface area contributed by atoms with E-state index < -0.39 is 0 Å². The summed E-state index contributed by atoms with van der Waals surface area (Å²) in [5, 5.41) is 22.1. The van der Waals surface area contributed by atoms with Crippen LogP contribution in [0.3, 0.4) is 0 Å². The molecule has 3 N–H and O–H groups in total. The number of amides is 1. The molecule has 20 heavy (non-hydrogen) atoms. The average Bonchev–Trinajstić information content (AvgIpc) is 2.44. The van der Waals surface area contributed by atoms with Crippen LogP contribution < -0.4 is 5.32 Å². The van der Waals surface area contributed by atoms with Crippen molar-refractivity contribution in [1.82, 2.24) is 5.32 Å². The predicted molar refractivity (Wildman–Crippen MR) is 77.9 cm³/mol. The fourth-order valence-corrected chi connectivity index (χ4v) is 2.98. The lowest BCUT2D eigenvalue weighted by molar-refractivity contribution is 0.0917. The van der Waals surface area contributed by atoms with Crippen LogP contribution in [0.1, 0.15) is 55.8 Å². The third-order valence-electron chi connectivity index (χ3n) is 4.14. The Balaban J connectivity index is 1.91. The van der Waals surface area contributed by atoms with Gasteiger partial charge in [-0.1, -0.05) is 25.8 Å². The van der Waals surface area contributed by atoms with Crippen molar-refractivity contribution in [3.05, 3.63) is 23.8 Å². The Hall–Kier alpha value is -1.71. The van der Waals surface area contributed by atoms with Gasteiger partial charge in [0.05, 0.1) is 5.56 Å². The number of carbonyl (C=O) groups excluding carboxylic acids is 1. The number of hydrogen-bond donors (Lipinski definition) is 3. The minimum absolute atomic E-state index is 0.140. The maximum Gasteiger partial charge on any atom is 0.255 e. The van der Waals surface area contributed by atoms with Gasteiger partial charge in [0.1, 0.15) is 0 Å². The zero-order chi connectivity index (χ0) is 14.5. The van der Waals surface area contributed by atoms with Crippen molar-refractivity contribution in [2.24, 2.45) is 5.92 Å². The molecule has 1 amide bonds. The number of benzene rings is 1. The molecule has 1 aliphatic rings. The minimum Gasteiger partial charge on any atom is -0.504 e. The summed E-state index contributed by atoms with van der Waals surface area (Å²) < 4.78 is 0. The normalized spacial score (nSPS) is 22.4.